The van der Waals surface area contributed by atoms with Crippen LogP contribution in [0.3, 0.4) is 0 Å². The van der Waals surface area contributed by atoms with Gasteiger partial charge in [-0.3, -0.25) is 4.40 Å². The molecule has 1 saturated heterocycles. The zero-order valence-electron chi connectivity index (χ0n) is 11.2. The molecule has 1 fully saturated rings. The summed E-state index contributed by atoms with van der Waals surface area (Å²) in [5.74, 6) is 1.54. The van der Waals surface area contributed by atoms with E-state index in [1.54, 1.807) is 0 Å². The van der Waals surface area contributed by atoms with Gasteiger partial charge >= 0.3 is 0 Å². The maximum Gasteiger partial charge on any atom is 0.160 e. The first kappa shape index (κ1) is 13.5. The number of rotatable bonds is 3. The number of aromatic nitrogens is 3. The fourth-order valence-corrected chi connectivity index (χ4v) is 4.55. The molecule has 20 heavy (non-hydrogen) atoms. The van der Waals surface area contributed by atoms with Gasteiger partial charge in [-0.1, -0.05) is 6.07 Å². The number of hydrogen-bond acceptors (Lipinski definition) is 5. The van der Waals surface area contributed by atoms with E-state index in [0.29, 0.717) is 18.7 Å². The molecule has 0 spiro atoms. The Morgan fingerprint density at radius 2 is 2.20 bits per heavy atom. The second-order valence-electron chi connectivity index (χ2n) is 5.41. The van der Waals surface area contributed by atoms with Crippen molar-refractivity contribution < 1.29 is 8.42 Å². The lowest BCUT2D eigenvalue weighted by atomic mass is 10.0. The molecule has 0 aliphatic carbocycles. The first-order valence-corrected chi connectivity index (χ1v) is 8.62. The molecule has 2 aromatic heterocycles. The minimum absolute atomic E-state index is 0.141. The average Bonchev–Trinajstić information content (AvgIpc) is 2.80. The molecule has 2 aromatic rings. The average molecular weight is 294 g/mol. The number of sulfone groups is 1. The van der Waals surface area contributed by atoms with Crippen LogP contribution >= 0.6 is 0 Å². The third-order valence-electron chi connectivity index (χ3n) is 3.80. The lowest BCUT2D eigenvalue weighted by Gasteiger charge is -2.20. The van der Waals surface area contributed by atoms with Gasteiger partial charge in [0.15, 0.2) is 15.5 Å². The van der Waals surface area contributed by atoms with Crippen molar-refractivity contribution in [2.75, 3.05) is 11.5 Å². The van der Waals surface area contributed by atoms with E-state index in [4.69, 9.17) is 5.73 Å². The highest BCUT2D eigenvalue weighted by Gasteiger charge is 2.26. The summed E-state index contributed by atoms with van der Waals surface area (Å²) in [5.41, 5.74) is 7.43. The van der Waals surface area contributed by atoms with Crippen molar-refractivity contribution >= 4 is 15.5 Å². The van der Waals surface area contributed by atoms with E-state index in [1.165, 1.54) is 0 Å². The molecule has 1 unspecified atom stereocenters. The van der Waals surface area contributed by atoms with E-state index >= 15 is 0 Å². The summed E-state index contributed by atoms with van der Waals surface area (Å²) in [6.07, 6.45) is 4.26. The Hall–Kier alpha value is -1.47. The van der Waals surface area contributed by atoms with Crippen LogP contribution in [-0.2, 0) is 22.8 Å². The van der Waals surface area contributed by atoms with E-state index in [1.807, 2.05) is 22.7 Å². The lowest BCUT2D eigenvalue weighted by Crippen LogP contribution is -2.27. The molecule has 3 rings (SSSR count). The SMILES string of the molecule is NCc1ccc2nnc(CC3CCCS(=O)(=O)C3)n2c1. The number of pyridine rings is 1. The zero-order valence-corrected chi connectivity index (χ0v) is 12.0. The molecular formula is C13H18N4O2S. The number of hydrogen-bond donors (Lipinski definition) is 1. The topological polar surface area (TPSA) is 90.3 Å². The fourth-order valence-electron chi connectivity index (χ4n) is 2.78. The Morgan fingerprint density at radius 1 is 1.35 bits per heavy atom. The summed E-state index contributed by atoms with van der Waals surface area (Å²) < 4.78 is 25.3. The monoisotopic (exact) mass is 294 g/mol. The maximum absolute atomic E-state index is 11.7. The molecule has 7 heteroatoms. The summed E-state index contributed by atoms with van der Waals surface area (Å²) in [6.45, 7) is 0.464. The molecule has 2 N–H and O–H groups in total. The van der Waals surface area contributed by atoms with Crippen LogP contribution in [0.25, 0.3) is 5.65 Å². The number of nitrogens with zero attached hydrogens (tertiary/aromatic N) is 3. The van der Waals surface area contributed by atoms with Crippen molar-refractivity contribution in [3.05, 3.63) is 29.7 Å². The van der Waals surface area contributed by atoms with Crippen molar-refractivity contribution in [1.29, 1.82) is 0 Å². The predicted molar refractivity (Wildman–Crippen MR) is 76.0 cm³/mol. The van der Waals surface area contributed by atoms with Gasteiger partial charge in [0.25, 0.3) is 0 Å². The highest BCUT2D eigenvalue weighted by atomic mass is 32.2. The van der Waals surface area contributed by atoms with Gasteiger partial charge in [-0.25, -0.2) is 8.42 Å². The minimum atomic E-state index is -2.88. The van der Waals surface area contributed by atoms with E-state index in [2.05, 4.69) is 10.2 Å². The fraction of sp³-hybridized carbons (Fsp3) is 0.538. The molecule has 3 heterocycles. The molecule has 0 aromatic carbocycles. The van der Waals surface area contributed by atoms with Gasteiger partial charge in [0.05, 0.1) is 11.5 Å². The van der Waals surface area contributed by atoms with Crippen LogP contribution in [0, 0.1) is 5.92 Å². The smallest absolute Gasteiger partial charge is 0.160 e. The van der Waals surface area contributed by atoms with Gasteiger partial charge in [0.1, 0.15) is 5.82 Å². The molecule has 1 atom stereocenters. The molecular weight excluding hydrogens is 276 g/mol. The normalized spacial score (nSPS) is 22.1. The van der Waals surface area contributed by atoms with Crippen molar-refractivity contribution in [1.82, 2.24) is 14.6 Å². The van der Waals surface area contributed by atoms with Crippen molar-refractivity contribution in [3.8, 4) is 0 Å². The molecule has 6 nitrogen and oxygen atoms in total. The Bertz CT molecular complexity index is 723. The van der Waals surface area contributed by atoms with Gasteiger partial charge in [-0.15, -0.1) is 10.2 Å². The van der Waals surface area contributed by atoms with E-state index in [-0.39, 0.29) is 11.7 Å². The summed E-state index contributed by atoms with van der Waals surface area (Å²) in [6, 6.07) is 3.81. The van der Waals surface area contributed by atoms with E-state index in [9.17, 15) is 8.42 Å². The molecule has 0 radical (unpaired) electrons. The first-order valence-electron chi connectivity index (χ1n) is 6.80. The van der Waals surface area contributed by atoms with Crippen molar-refractivity contribution in [2.45, 2.75) is 25.8 Å². The standard InChI is InChI=1S/C13H18N4O2S/c14-7-11-3-4-12-15-16-13(17(12)8-11)6-10-2-1-5-20(18,19)9-10/h3-4,8,10H,1-2,5-7,9,14H2. The van der Waals surface area contributed by atoms with Gasteiger partial charge in [-0.05, 0) is 30.4 Å². The molecule has 0 saturated carbocycles. The maximum atomic E-state index is 11.7. The second-order valence-corrected chi connectivity index (χ2v) is 7.64. The number of nitrogens with two attached hydrogens (primary N) is 1. The molecule has 0 bridgehead atoms. The van der Waals surface area contributed by atoms with Gasteiger partial charge < -0.3 is 5.73 Å². The lowest BCUT2D eigenvalue weighted by molar-refractivity contribution is 0.474. The third kappa shape index (κ3) is 2.69. The number of fused-ring (bicyclic) bond motifs is 1. The van der Waals surface area contributed by atoms with Crippen LogP contribution in [0.2, 0.25) is 0 Å². The Labute approximate surface area is 117 Å². The third-order valence-corrected chi connectivity index (χ3v) is 5.69. The Morgan fingerprint density at radius 3 is 2.95 bits per heavy atom. The summed E-state index contributed by atoms with van der Waals surface area (Å²) in [7, 11) is -2.88. The predicted octanol–water partition coefficient (Wildman–Crippen LogP) is 0.555. The van der Waals surface area contributed by atoms with Crippen LogP contribution in [0.1, 0.15) is 24.2 Å². The van der Waals surface area contributed by atoms with Gasteiger partial charge in [0, 0.05) is 19.2 Å². The summed E-state index contributed by atoms with van der Waals surface area (Å²) >= 11 is 0. The van der Waals surface area contributed by atoms with Crippen LogP contribution in [0.15, 0.2) is 18.3 Å². The van der Waals surface area contributed by atoms with Gasteiger partial charge in [-0.2, -0.15) is 0 Å². The minimum Gasteiger partial charge on any atom is -0.326 e. The van der Waals surface area contributed by atoms with Crippen LogP contribution in [0.5, 0.6) is 0 Å². The Balaban J connectivity index is 1.87. The largest absolute Gasteiger partial charge is 0.326 e. The molecule has 108 valence electrons. The highest BCUT2D eigenvalue weighted by Crippen LogP contribution is 2.22. The Kier molecular flexibility index (Phi) is 3.47. The zero-order chi connectivity index (χ0) is 14.2. The van der Waals surface area contributed by atoms with Crippen molar-refractivity contribution in [2.24, 2.45) is 11.7 Å². The summed E-state index contributed by atoms with van der Waals surface area (Å²) in [5, 5.41) is 8.31. The van der Waals surface area contributed by atoms with E-state index in [0.717, 1.165) is 29.9 Å². The molecule has 1 aliphatic rings. The van der Waals surface area contributed by atoms with Gasteiger partial charge in [0.2, 0.25) is 0 Å². The second kappa shape index (κ2) is 5.14. The first-order chi connectivity index (χ1) is 9.57. The molecule has 0 amide bonds. The highest BCUT2D eigenvalue weighted by molar-refractivity contribution is 7.91. The quantitative estimate of drug-likeness (QED) is 0.893. The van der Waals surface area contributed by atoms with Crippen LogP contribution < -0.4 is 5.73 Å². The van der Waals surface area contributed by atoms with Crippen molar-refractivity contribution in [3.63, 3.8) is 0 Å². The van der Waals surface area contributed by atoms with E-state index < -0.39 is 9.84 Å². The van der Waals surface area contributed by atoms with Crippen LogP contribution in [0.4, 0.5) is 0 Å². The van der Waals surface area contributed by atoms with Crippen LogP contribution in [-0.4, -0.2) is 34.5 Å². The summed E-state index contributed by atoms with van der Waals surface area (Å²) in [4.78, 5) is 0. The molecule has 1 aliphatic heterocycles.